The number of imidazole rings is 1. The van der Waals surface area contributed by atoms with E-state index in [0.717, 1.165) is 11.0 Å². The summed E-state index contributed by atoms with van der Waals surface area (Å²) >= 11 is 0. The minimum absolute atomic E-state index is 0.0793. The van der Waals surface area contributed by atoms with Gasteiger partial charge in [0.25, 0.3) is 5.91 Å². The molecule has 1 aliphatic rings. The second-order valence-corrected chi connectivity index (χ2v) is 5.54. The van der Waals surface area contributed by atoms with E-state index in [-0.39, 0.29) is 5.91 Å². The molecule has 112 valence electrons. The lowest BCUT2D eigenvalue weighted by Gasteiger charge is -2.12. The van der Waals surface area contributed by atoms with Crippen LogP contribution >= 0.6 is 0 Å². The summed E-state index contributed by atoms with van der Waals surface area (Å²) in [6.45, 7) is 1.04. The first-order chi connectivity index (χ1) is 10.3. The van der Waals surface area contributed by atoms with Crippen LogP contribution in [0.3, 0.4) is 0 Å². The average molecular weight is 287 g/mol. The summed E-state index contributed by atoms with van der Waals surface area (Å²) in [5.41, 5.74) is 2.66. The van der Waals surface area contributed by atoms with Gasteiger partial charge in [0.2, 0.25) is 0 Å². The Morgan fingerprint density at radius 2 is 2.24 bits per heavy atom. The van der Waals surface area contributed by atoms with E-state index in [1.54, 1.807) is 7.11 Å². The number of fused-ring (bicyclic) bond motifs is 1. The quantitative estimate of drug-likeness (QED) is 0.860. The van der Waals surface area contributed by atoms with Crippen LogP contribution in [-0.2, 0) is 4.74 Å². The molecule has 1 fully saturated rings. The molecular formula is C16H21N3O2. The van der Waals surface area contributed by atoms with Crippen LogP contribution in [0.2, 0.25) is 0 Å². The third kappa shape index (κ3) is 2.93. The molecule has 0 bridgehead atoms. The summed E-state index contributed by atoms with van der Waals surface area (Å²) < 4.78 is 7.19. The fourth-order valence-electron chi connectivity index (χ4n) is 3.02. The van der Waals surface area contributed by atoms with Crippen molar-refractivity contribution in [3.05, 3.63) is 30.1 Å². The lowest BCUT2D eigenvalue weighted by Crippen LogP contribution is -2.26. The molecule has 5 heteroatoms. The molecule has 0 aliphatic heterocycles. The Morgan fingerprint density at radius 1 is 1.43 bits per heavy atom. The number of benzene rings is 1. The molecule has 0 spiro atoms. The maximum atomic E-state index is 12.0. The first-order valence-corrected chi connectivity index (χ1v) is 7.53. The van der Waals surface area contributed by atoms with Crippen molar-refractivity contribution in [2.24, 2.45) is 0 Å². The van der Waals surface area contributed by atoms with Crippen LogP contribution in [0.1, 0.15) is 42.1 Å². The summed E-state index contributed by atoms with van der Waals surface area (Å²) in [4.78, 5) is 16.5. The molecule has 1 aliphatic carbocycles. The number of carbonyl (C=O) groups is 1. The Bertz CT molecular complexity index is 629. The van der Waals surface area contributed by atoms with Gasteiger partial charge in [0.05, 0.1) is 24.0 Å². The number of carbonyl (C=O) groups excluding carboxylic acids is 1. The van der Waals surface area contributed by atoms with Gasteiger partial charge in [0, 0.05) is 25.3 Å². The van der Waals surface area contributed by atoms with E-state index in [1.165, 1.54) is 25.7 Å². The Kier molecular flexibility index (Phi) is 4.20. The molecule has 3 rings (SSSR count). The highest BCUT2D eigenvalue weighted by Crippen LogP contribution is 2.32. The molecule has 1 aromatic carbocycles. The van der Waals surface area contributed by atoms with Crippen LogP contribution in [-0.4, -0.2) is 35.7 Å². The first-order valence-electron chi connectivity index (χ1n) is 7.53. The minimum atomic E-state index is -0.0793. The molecule has 21 heavy (non-hydrogen) atoms. The predicted molar refractivity (Wildman–Crippen MR) is 81.4 cm³/mol. The number of hydrogen-bond acceptors (Lipinski definition) is 3. The van der Waals surface area contributed by atoms with E-state index in [0.29, 0.717) is 24.8 Å². The van der Waals surface area contributed by atoms with Gasteiger partial charge in [-0.2, -0.15) is 0 Å². The molecule has 1 aromatic heterocycles. The Labute approximate surface area is 124 Å². The van der Waals surface area contributed by atoms with Gasteiger partial charge in [0.1, 0.15) is 0 Å². The van der Waals surface area contributed by atoms with Crippen molar-refractivity contribution >= 4 is 16.9 Å². The standard InChI is InChI=1S/C16H21N3O2/c1-21-9-8-17-16(20)12-6-7-15-14(10-12)18-11-19(15)13-4-2-3-5-13/h6-7,10-11,13H,2-5,8-9H2,1H3,(H,17,20). The number of nitrogens with zero attached hydrogens (tertiary/aromatic N) is 2. The van der Waals surface area contributed by atoms with E-state index in [4.69, 9.17) is 4.74 Å². The topological polar surface area (TPSA) is 56.1 Å². The van der Waals surface area contributed by atoms with E-state index in [9.17, 15) is 4.79 Å². The number of nitrogens with one attached hydrogen (secondary N) is 1. The number of ether oxygens (including phenoxy) is 1. The van der Waals surface area contributed by atoms with Crippen molar-refractivity contribution in [3.63, 3.8) is 0 Å². The minimum Gasteiger partial charge on any atom is -0.383 e. The predicted octanol–water partition coefficient (Wildman–Crippen LogP) is 2.53. The number of amides is 1. The second kappa shape index (κ2) is 6.26. The third-order valence-corrected chi connectivity index (χ3v) is 4.15. The van der Waals surface area contributed by atoms with Gasteiger partial charge in [-0.1, -0.05) is 12.8 Å². The first kappa shape index (κ1) is 14.1. The zero-order valence-electron chi connectivity index (χ0n) is 12.3. The lowest BCUT2D eigenvalue weighted by molar-refractivity contribution is 0.0937. The Morgan fingerprint density at radius 3 is 3.00 bits per heavy atom. The molecule has 0 radical (unpaired) electrons. The largest absolute Gasteiger partial charge is 0.383 e. The molecular weight excluding hydrogens is 266 g/mol. The molecule has 1 amide bonds. The lowest BCUT2D eigenvalue weighted by atomic mass is 10.1. The van der Waals surface area contributed by atoms with Crippen molar-refractivity contribution in [1.82, 2.24) is 14.9 Å². The highest BCUT2D eigenvalue weighted by atomic mass is 16.5. The van der Waals surface area contributed by atoms with Gasteiger partial charge in [-0.05, 0) is 31.0 Å². The Hall–Kier alpha value is -1.88. The smallest absolute Gasteiger partial charge is 0.251 e. The van der Waals surface area contributed by atoms with E-state index < -0.39 is 0 Å². The molecule has 1 heterocycles. The SMILES string of the molecule is COCCNC(=O)c1ccc2c(c1)ncn2C1CCCC1. The molecule has 1 saturated carbocycles. The van der Waals surface area contributed by atoms with Crippen LogP contribution in [0.25, 0.3) is 11.0 Å². The monoisotopic (exact) mass is 287 g/mol. The normalized spacial score (nSPS) is 15.7. The average Bonchev–Trinajstić information content (AvgIpc) is 3.15. The molecule has 1 N–H and O–H groups in total. The van der Waals surface area contributed by atoms with Crippen molar-refractivity contribution in [3.8, 4) is 0 Å². The summed E-state index contributed by atoms with van der Waals surface area (Å²) in [6.07, 6.45) is 6.96. The van der Waals surface area contributed by atoms with Gasteiger partial charge in [-0.15, -0.1) is 0 Å². The fraction of sp³-hybridized carbons (Fsp3) is 0.500. The molecule has 0 atom stereocenters. The summed E-state index contributed by atoms with van der Waals surface area (Å²) in [7, 11) is 1.62. The van der Waals surface area contributed by atoms with Crippen LogP contribution < -0.4 is 5.32 Å². The molecule has 0 saturated heterocycles. The highest BCUT2D eigenvalue weighted by molar-refractivity contribution is 5.97. The molecule has 0 unspecified atom stereocenters. The van der Waals surface area contributed by atoms with Gasteiger partial charge in [-0.3, -0.25) is 4.79 Å². The van der Waals surface area contributed by atoms with Crippen LogP contribution in [0, 0.1) is 0 Å². The van der Waals surface area contributed by atoms with Crippen LogP contribution in [0.5, 0.6) is 0 Å². The van der Waals surface area contributed by atoms with Crippen LogP contribution in [0.15, 0.2) is 24.5 Å². The van der Waals surface area contributed by atoms with Crippen molar-refractivity contribution in [2.45, 2.75) is 31.7 Å². The summed E-state index contributed by atoms with van der Waals surface area (Å²) in [6, 6.07) is 6.31. The summed E-state index contributed by atoms with van der Waals surface area (Å²) in [5.74, 6) is -0.0793. The second-order valence-electron chi connectivity index (χ2n) is 5.54. The number of rotatable bonds is 5. The number of methoxy groups -OCH3 is 1. The number of aromatic nitrogens is 2. The van der Waals surface area contributed by atoms with Crippen molar-refractivity contribution in [2.75, 3.05) is 20.3 Å². The number of hydrogen-bond donors (Lipinski definition) is 1. The maximum absolute atomic E-state index is 12.0. The van der Waals surface area contributed by atoms with Gasteiger partial charge < -0.3 is 14.6 Å². The van der Waals surface area contributed by atoms with Gasteiger partial charge in [0.15, 0.2) is 0 Å². The molecule has 5 nitrogen and oxygen atoms in total. The third-order valence-electron chi connectivity index (χ3n) is 4.15. The summed E-state index contributed by atoms with van der Waals surface area (Å²) in [5, 5.41) is 2.83. The maximum Gasteiger partial charge on any atom is 0.251 e. The van der Waals surface area contributed by atoms with Gasteiger partial charge in [-0.25, -0.2) is 4.98 Å². The molecule has 2 aromatic rings. The van der Waals surface area contributed by atoms with E-state index in [2.05, 4.69) is 14.9 Å². The zero-order valence-corrected chi connectivity index (χ0v) is 12.3. The fourth-order valence-corrected chi connectivity index (χ4v) is 3.02. The Balaban J connectivity index is 1.79. The van der Waals surface area contributed by atoms with Crippen molar-refractivity contribution < 1.29 is 9.53 Å². The van der Waals surface area contributed by atoms with Crippen LogP contribution in [0.4, 0.5) is 0 Å². The zero-order chi connectivity index (χ0) is 14.7. The van der Waals surface area contributed by atoms with Gasteiger partial charge >= 0.3 is 0 Å². The van der Waals surface area contributed by atoms with Crippen molar-refractivity contribution in [1.29, 1.82) is 0 Å². The van der Waals surface area contributed by atoms with E-state index in [1.807, 2.05) is 24.5 Å². The highest BCUT2D eigenvalue weighted by Gasteiger charge is 2.19. The van der Waals surface area contributed by atoms with E-state index >= 15 is 0 Å².